The molecule has 0 fully saturated rings. The van der Waals surface area contributed by atoms with Crippen molar-refractivity contribution in [3.63, 3.8) is 0 Å². The average Bonchev–Trinajstić information content (AvgIpc) is 2.60. The van der Waals surface area contributed by atoms with Gasteiger partial charge < -0.3 is 11.5 Å². The number of nitrogen functional groups attached to an aromatic ring is 1. The minimum atomic E-state index is -4.05. The molecule has 1 aromatic heterocycles. The summed E-state index contributed by atoms with van der Waals surface area (Å²) < 4.78 is 27.2. The van der Waals surface area contributed by atoms with Gasteiger partial charge in [0.25, 0.3) is 15.9 Å². The van der Waals surface area contributed by atoms with Gasteiger partial charge in [-0.25, -0.2) is 23.1 Å². The lowest BCUT2D eigenvalue weighted by Crippen LogP contribution is -2.43. The number of carbonyl (C=O) groups excluding carboxylic acids is 1. The molecule has 0 saturated carbocycles. The third-order valence-electron chi connectivity index (χ3n) is 3.90. The number of hydrogen-bond donors (Lipinski definition) is 3. The SMILES string of the molecule is CCc1cc(-c2cccc(S(=O)(=O)NC(=O)[C@@H](N)CC(C)C)c2)nc(N)n1. The van der Waals surface area contributed by atoms with E-state index < -0.39 is 22.0 Å². The van der Waals surface area contributed by atoms with Crippen LogP contribution in [0.1, 0.15) is 32.9 Å². The molecule has 1 amide bonds. The van der Waals surface area contributed by atoms with E-state index in [1.807, 2.05) is 25.5 Å². The average molecular weight is 391 g/mol. The van der Waals surface area contributed by atoms with Crippen LogP contribution in [0.5, 0.6) is 0 Å². The third kappa shape index (κ3) is 5.48. The standard InChI is InChI=1S/C18H25N5O3S/c1-4-13-10-16(22-18(20)21-13)12-6-5-7-14(9-12)27(25,26)23-17(24)15(19)8-11(2)3/h5-7,9-11,15H,4,8,19H2,1-3H3,(H,23,24)(H2,20,21,22)/t15-/m0/s1. The van der Waals surface area contributed by atoms with Crippen LogP contribution in [0, 0.1) is 5.92 Å². The Morgan fingerprint density at radius 3 is 2.56 bits per heavy atom. The van der Waals surface area contributed by atoms with Crippen LogP contribution in [0.2, 0.25) is 0 Å². The molecule has 0 saturated heterocycles. The van der Waals surface area contributed by atoms with Crippen LogP contribution < -0.4 is 16.2 Å². The monoisotopic (exact) mass is 391 g/mol. The Bertz CT molecular complexity index is 928. The van der Waals surface area contributed by atoms with Gasteiger partial charge in [0.1, 0.15) is 0 Å². The Balaban J connectivity index is 2.31. The number of sulfonamides is 1. The minimum absolute atomic E-state index is 0.0553. The highest BCUT2D eigenvalue weighted by atomic mass is 32.2. The van der Waals surface area contributed by atoms with Crippen LogP contribution in [0.4, 0.5) is 5.95 Å². The van der Waals surface area contributed by atoms with Crippen molar-refractivity contribution in [3.8, 4) is 11.3 Å². The summed E-state index contributed by atoms with van der Waals surface area (Å²) in [6.45, 7) is 5.74. The van der Waals surface area contributed by atoms with Crippen molar-refractivity contribution < 1.29 is 13.2 Å². The van der Waals surface area contributed by atoms with Crippen LogP contribution in [0.25, 0.3) is 11.3 Å². The highest BCUT2D eigenvalue weighted by Gasteiger charge is 2.23. The van der Waals surface area contributed by atoms with Crippen molar-refractivity contribution in [2.24, 2.45) is 11.7 Å². The highest BCUT2D eigenvalue weighted by molar-refractivity contribution is 7.90. The van der Waals surface area contributed by atoms with Crippen molar-refractivity contribution in [3.05, 3.63) is 36.0 Å². The summed E-state index contributed by atoms with van der Waals surface area (Å²) in [7, 11) is -4.05. The molecule has 0 aliphatic carbocycles. The molecule has 0 aliphatic rings. The summed E-state index contributed by atoms with van der Waals surface area (Å²) in [6.07, 6.45) is 1.06. The summed E-state index contributed by atoms with van der Waals surface area (Å²) >= 11 is 0. The number of nitrogens with one attached hydrogen (secondary N) is 1. The van der Waals surface area contributed by atoms with E-state index in [1.54, 1.807) is 18.2 Å². The molecule has 1 atom stereocenters. The summed E-state index contributed by atoms with van der Waals surface area (Å²) in [5, 5.41) is 0. The molecular formula is C18H25N5O3S. The number of amides is 1. The first-order valence-electron chi connectivity index (χ1n) is 8.68. The van der Waals surface area contributed by atoms with Gasteiger partial charge in [-0.05, 0) is 37.0 Å². The fourth-order valence-electron chi connectivity index (χ4n) is 2.55. The fourth-order valence-corrected chi connectivity index (χ4v) is 3.63. The molecule has 8 nitrogen and oxygen atoms in total. The van der Waals surface area contributed by atoms with Crippen LogP contribution in [-0.4, -0.2) is 30.3 Å². The maximum atomic E-state index is 12.6. The van der Waals surface area contributed by atoms with E-state index >= 15 is 0 Å². The van der Waals surface area contributed by atoms with Crippen molar-refractivity contribution in [1.29, 1.82) is 0 Å². The molecule has 146 valence electrons. The van der Waals surface area contributed by atoms with Gasteiger partial charge in [-0.15, -0.1) is 0 Å². The zero-order chi connectivity index (χ0) is 20.2. The quantitative estimate of drug-likeness (QED) is 0.649. The van der Waals surface area contributed by atoms with Crippen LogP contribution >= 0.6 is 0 Å². The lowest BCUT2D eigenvalue weighted by atomic mass is 10.0. The van der Waals surface area contributed by atoms with Gasteiger partial charge in [0.05, 0.1) is 16.6 Å². The zero-order valence-corrected chi connectivity index (χ0v) is 16.5. The van der Waals surface area contributed by atoms with Crippen LogP contribution in [0.15, 0.2) is 35.2 Å². The fraction of sp³-hybridized carbons (Fsp3) is 0.389. The second-order valence-electron chi connectivity index (χ2n) is 6.69. The second-order valence-corrected chi connectivity index (χ2v) is 8.37. The lowest BCUT2D eigenvalue weighted by molar-refractivity contribution is -0.120. The van der Waals surface area contributed by atoms with E-state index in [0.29, 0.717) is 24.1 Å². The summed E-state index contributed by atoms with van der Waals surface area (Å²) in [4.78, 5) is 20.3. The Labute approximate surface area is 159 Å². The van der Waals surface area contributed by atoms with E-state index in [4.69, 9.17) is 11.5 Å². The predicted octanol–water partition coefficient (Wildman–Crippen LogP) is 1.47. The largest absolute Gasteiger partial charge is 0.368 e. The Hall–Kier alpha value is -2.52. The topological polar surface area (TPSA) is 141 Å². The smallest absolute Gasteiger partial charge is 0.264 e. The van der Waals surface area contributed by atoms with Crippen molar-refractivity contribution >= 4 is 21.9 Å². The van der Waals surface area contributed by atoms with E-state index in [0.717, 1.165) is 5.69 Å². The predicted molar refractivity (Wildman–Crippen MR) is 104 cm³/mol. The number of benzene rings is 1. The highest BCUT2D eigenvalue weighted by Crippen LogP contribution is 2.22. The summed E-state index contributed by atoms with van der Waals surface area (Å²) in [5.74, 6) is -0.438. The van der Waals surface area contributed by atoms with Gasteiger partial charge in [-0.3, -0.25) is 4.79 Å². The number of rotatable bonds is 7. The Morgan fingerprint density at radius 1 is 1.22 bits per heavy atom. The molecule has 5 N–H and O–H groups in total. The van der Waals surface area contributed by atoms with E-state index in [1.165, 1.54) is 12.1 Å². The molecular weight excluding hydrogens is 366 g/mol. The zero-order valence-electron chi connectivity index (χ0n) is 15.6. The van der Waals surface area contributed by atoms with Gasteiger partial charge in [0, 0.05) is 11.3 Å². The lowest BCUT2D eigenvalue weighted by Gasteiger charge is -2.14. The number of carbonyl (C=O) groups is 1. The normalized spacial score (nSPS) is 12.8. The van der Waals surface area contributed by atoms with Gasteiger partial charge in [0.15, 0.2) is 0 Å². The number of nitrogens with zero attached hydrogens (tertiary/aromatic N) is 2. The third-order valence-corrected chi connectivity index (χ3v) is 5.24. The van der Waals surface area contributed by atoms with Gasteiger partial charge in [0.2, 0.25) is 5.95 Å². The first kappa shape index (κ1) is 20.8. The van der Waals surface area contributed by atoms with E-state index in [2.05, 4.69) is 9.97 Å². The number of nitrogens with two attached hydrogens (primary N) is 2. The van der Waals surface area contributed by atoms with Gasteiger partial charge in [-0.1, -0.05) is 32.9 Å². The first-order chi connectivity index (χ1) is 12.6. The first-order valence-corrected chi connectivity index (χ1v) is 10.2. The van der Waals surface area contributed by atoms with Crippen molar-refractivity contribution in [2.45, 2.75) is 44.6 Å². The van der Waals surface area contributed by atoms with Gasteiger partial charge >= 0.3 is 0 Å². The van der Waals surface area contributed by atoms with Crippen molar-refractivity contribution in [2.75, 3.05) is 5.73 Å². The Kier molecular flexibility index (Phi) is 6.50. The Morgan fingerprint density at radius 2 is 1.93 bits per heavy atom. The molecule has 0 radical (unpaired) electrons. The molecule has 1 heterocycles. The second kappa shape index (κ2) is 8.45. The molecule has 1 aromatic carbocycles. The maximum Gasteiger partial charge on any atom is 0.264 e. The molecule has 27 heavy (non-hydrogen) atoms. The summed E-state index contributed by atoms with van der Waals surface area (Å²) in [5.41, 5.74) is 13.3. The molecule has 0 spiro atoms. The molecule has 9 heteroatoms. The summed E-state index contributed by atoms with van der Waals surface area (Å²) in [6, 6.07) is 6.98. The molecule has 0 unspecified atom stereocenters. The van der Waals surface area contributed by atoms with E-state index in [-0.39, 0.29) is 16.8 Å². The van der Waals surface area contributed by atoms with E-state index in [9.17, 15) is 13.2 Å². The molecule has 0 aliphatic heterocycles. The molecule has 0 bridgehead atoms. The minimum Gasteiger partial charge on any atom is -0.368 e. The van der Waals surface area contributed by atoms with Crippen molar-refractivity contribution in [1.82, 2.24) is 14.7 Å². The number of anilines is 1. The molecule has 2 aromatic rings. The number of aryl methyl sites for hydroxylation is 1. The molecule has 2 rings (SSSR count). The maximum absolute atomic E-state index is 12.6. The van der Waals surface area contributed by atoms with Crippen LogP contribution in [-0.2, 0) is 21.2 Å². The van der Waals surface area contributed by atoms with Gasteiger partial charge in [-0.2, -0.15) is 0 Å². The number of hydrogen-bond acceptors (Lipinski definition) is 7. The van der Waals surface area contributed by atoms with Crippen LogP contribution in [0.3, 0.4) is 0 Å². The number of aromatic nitrogens is 2.